The molecule has 98 valence electrons. The summed E-state index contributed by atoms with van der Waals surface area (Å²) in [5.41, 5.74) is 2.24. The number of fused-ring (bicyclic) bond motifs is 1. The summed E-state index contributed by atoms with van der Waals surface area (Å²) in [7, 11) is -3.14. The van der Waals surface area contributed by atoms with Crippen molar-refractivity contribution in [3.63, 3.8) is 0 Å². The summed E-state index contributed by atoms with van der Waals surface area (Å²) < 4.78 is 22.4. The maximum Gasteiger partial charge on any atom is 0.251 e. The molecule has 0 fully saturated rings. The van der Waals surface area contributed by atoms with Crippen molar-refractivity contribution in [2.24, 2.45) is 0 Å². The fraction of sp³-hybridized carbons (Fsp3) is 0.417. The van der Waals surface area contributed by atoms with Crippen molar-refractivity contribution in [2.45, 2.75) is 11.8 Å². The molecule has 4 nitrogen and oxygen atoms in total. The van der Waals surface area contributed by atoms with E-state index < -0.39 is 15.2 Å². The van der Waals surface area contributed by atoms with E-state index in [-0.39, 0.29) is 11.7 Å². The Balaban J connectivity index is 2.30. The van der Waals surface area contributed by atoms with Gasteiger partial charge in [0.25, 0.3) is 5.91 Å². The van der Waals surface area contributed by atoms with Crippen LogP contribution in [-0.4, -0.2) is 32.9 Å². The molecule has 1 aliphatic rings. The first kappa shape index (κ1) is 13.4. The van der Waals surface area contributed by atoms with Gasteiger partial charge in [-0.3, -0.25) is 4.79 Å². The molecular formula is C12H14ClNO3S. The third kappa shape index (κ3) is 3.03. The zero-order chi connectivity index (χ0) is 13.3. The number of carbonyl (C=O) groups excluding carboxylic acids is 1. The molecule has 0 aromatic heterocycles. The van der Waals surface area contributed by atoms with Crippen LogP contribution in [0.25, 0.3) is 0 Å². The summed E-state index contributed by atoms with van der Waals surface area (Å²) in [6.07, 6.45) is 1.94. The van der Waals surface area contributed by atoms with Gasteiger partial charge in [-0.1, -0.05) is 12.1 Å². The van der Waals surface area contributed by atoms with E-state index in [0.29, 0.717) is 17.7 Å². The molecule has 6 heteroatoms. The van der Waals surface area contributed by atoms with E-state index in [9.17, 15) is 13.2 Å². The molecule has 0 spiro atoms. The predicted octanol–water partition coefficient (Wildman–Crippen LogP) is 1.30. The smallest absolute Gasteiger partial charge is 0.251 e. The minimum Gasteiger partial charge on any atom is -0.352 e. The quantitative estimate of drug-likeness (QED) is 0.852. The van der Waals surface area contributed by atoms with Gasteiger partial charge in [-0.15, -0.1) is 11.6 Å². The molecule has 1 aromatic carbocycles. The summed E-state index contributed by atoms with van der Waals surface area (Å²) in [5, 5.41) is 2.13. The minimum absolute atomic E-state index is 0.124. The highest BCUT2D eigenvalue weighted by atomic mass is 35.5. The second-order valence-corrected chi connectivity index (χ2v) is 7.19. The highest BCUT2D eigenvalue weighted by Gasteiger charge is 2.20. The lowest BCUT2D eigenvalue weighted by atomic mass is 9.97. The number of hydrogen-bond acceptors (Lipinski definition) is 3. The molecule has 1 heterocycles. The van der Waals surface area contributed by atoms with Crippen molar-refractivity contribution in [3.05, 3.63) is 34.9 Å². The SMILES string of the molecule is CS(=O)(=O)CC(Cl)c1ccc2c(c1)C(=O)NCC2. The van der Waals surface area contributed by atoms with E-state index in [1.165, 1.54) is 0 Å². The maximum atomic E-state index is 11.7. The Morgan fingerprint density at radius 1 is 1.44 bits per heavy atom. The van der Waals surface area contributed by atoms with Gasteiger partial charge in [-0.25, -0.2) is 8.42 Å². The van der Waals surface area contributed by atoms with E-state index in [1.807, 2.05) is 6.07 Å². The van der Waals surface area contributed by atoms with Gasteiger partial charge in [0.15, 0.2) is 0 Å². The van der Waals surface area contributed by atoms with Gasteiger partial charge in [0.2, 0.25) is 0 Å². The van der Waals surface area contributed by atoms with Gasteiger partial charge < -0.3 is 5.32 Å². The summed E-state index contributed by atoms with van der Waals surface area (Å²) in [5.74, 6) is -0.254. The first-order valence-electron chi connectivity index (χ1n) is 5.59. The first-order valence-corrected chi connectivity index (χ1v) is 8.09. The first-order chi connectivity index (χ1) is 8.37. The van der Waals surface area contributed by atoms with E-state index in [4.69, 9.17) is 11.6 Å². The number of benzene rings is 1. The van der Waals surface area contributed by atoms with E-state index in [2.05, 4.69) is 5.32 Å². The van der Waals surface area contributed by atoms with Crippen LogP contribution in [0, 0.1) is 0 Å². The number of amides is 1. The average molecular weight is 288 g/mol. The fourth-order valence-electron chi connectivity index (χ4n) is 1.99. The standard InChI is InChI=1S/C12H14ClNO3S/c1-18(16,17)7-11(13)9-3-2-8-4-5-14-12(15)10(8)6-9/h2-3,6,11H,4-5,7H2,1H3,(H,14,15). The Kier molecular flexibility index (Phi) is 3.64. The zero-order valence-electron chi connectivity index (χ0n) is 9.94. The summed E-state index contributed by atoms with van der Waals surface area (Å²) in [6.45, 7) is 0.638. The fourth-order valence-corrected chi connectivity index (χ4v) is 3.53. The normalized spacial score (nSPS) is 16.9. The summed E-state index contributed by atoms with van der Waals surface area (Å²) in [4.78, 5) is 11.7. The molecule has 2 rings (SSSR count). The van der Waals surface area contributed by atoms with Gasteiger partial charge in [-0.05, 0) is 23.6 Å². The van der Waals surface area contributed by atoms with E-state index >= 15 is 0 Å². The monoisotopic (exact) mass is 287 g/mol. The lowest BCUT2D eigenvalue weighted by Crippen LogP contribution is -2.31. The molecule has 0 saturated carbocycles. The van der Waals surface area contributed by atoms with Crippen LogP contribution in [0.2, 0.25) is 0 Å². The van der Waals surface area contributed by atoms with Crippen molar-refractivity contribution >= 4 is 27.3 Å². The van der Waals surface area contributed by atoms with Gasteiger partial charge in [0.05, 0.1) is 11.1 Å². The van der Waals surface area contributed by atoms with Crippen LogP contribution in [0.15, 0.2) is 18.2 Å². The van der Waals surface area contributed by atoms with Crippen LogP contribution >= 0.6 is 11.6 Å². The van der Waals surface area contributed by atoms with Crippen LogP contribution in [0.4, 0.5) is 0 Å². The third-order valence-electron chi connectivity index (χ3n) is 2.87. The number of carbonyl (C=O) groups is 1. The van der Waals surface area contributed by atoms with Gasteiger partial charge in [0.1, 0.15) is 9.84 Å². The Morgan fingerprint density at radius 2 is 2.17 bits per heavy atom. The largest absolute Gasteiger partial charge is 0.352 e. The maximum absolute atomic E-state index is 11.7. The van der Waals surface area contributed by atoms with Gasteiger partial charge in [0, 0.05) is 18.4 Å². The Morgan fingerprint density at radius 3 is 2.83 bits per heavy atom. The molecule has 1 aromatic rings. The second kappa shape index (κ2) is 4.90. The highest BCUT2D eigenvalue weighted by Crippen LogP contribution is 2.25. The van der Waals surface area contributed by atoms with Crippen molar-refractivity contribution < 1.29 is 13.2 Å². The summed E-state index contributed by atoms with van der Waals surface area (Å²) >= 11 is 6.07. The summed E-state index contributed by atoms with van der Waals surface area (Å²) in [6, 6.07) is 5.33. The van der Waals surface area contributed by atoms with Crippen molar-refractivity contribution in [3.8, 4) is 0 Å². The molecule has 18 heavy (non-hydrogen) atoms. The predicted molar refractivity (Wildman–Crippen MR) is 70.8 cm³/mol. The molecule has 1 atom stereocenters. The molecule has 0 radical (unpaired) electrons. The Bertz CT molecular complexity index is 583. The zero-order valence-corrected chi connectivity index (χ0v) is 11.5. The van der Waals surface area contributed by atoms with E-state index in [0.717, 1.165) is 18.2 Å². The highest BCUT2D eigenvalue weighted by molar-refractivity contribution is 7.90. The van der Waals surface area contributed by atoms with Crippen molar-refractivity contribution in [1.29, 1.82) is 0 Å². The molecule has 1 N–H and O–H groups in total. The van der Waals surface area contributed by atoms with Gasteiger partial charge in [-0.2, -0.15) is 0 Å². The van der Waals surface area contributed by atoms with Crippen LogP contribution < -0.4 is 5.32 Å². The number of alkyl halides is 1. The lowest BCUT2D eigenvalue weighted by molar-refractivity contribution is 0.0946. The van der Waals surface area contributed by atoms with Crippen molar-refractivity contribution in [2.75, 3.05) is 18.6 Å². The molecule has 0 aliphatic carbocycles. The Hall–Kier alpha value is -1.07. The minimum atomic E-state index is -3.14. The molecule has 0 saturated heterocycles. The topological polar surface area (TPSA) is 63.2 Å². The molecule has 0 bridgehead atoms. The molecule has 1 aliphatic heterocycles. The number of sulfone groups is 1. The molecular weight excluding hydrogens is 274 g/mol. The Labute approximate surface area is 111 Å². The van der Waals surface area contributed by atoms with E-state index in [1.54, 1.807) is 12.1 Å². The number of rotatable bonds is 3. The third-order valence-corrected chi connectivity index (χ3v) is 4.40. The van der Waals surface area contributed by atoms with Crippen LogP contribution in [0.1, 0.15) is 26.9 Å². The van der Waals surface area contributed by atoms with Crippen LogP contribution in [0.3, 0.4) is 0 Å². The second-order valence-electron chi connectivity index (χ2n) is 4.48. The van der Waals surface area contributed by atoms with Crippen molar-refractivity contribution in [1.82, 2.24) is 5.32 Å². The number of halogens is 1. The lowest BCUT2D eigenvalue weighted by Gasteiger charge is -2.18. The number of nitrogens with one attached hydrogen (secondary N) is 1. The average Bonchev–Trinajstić information content (AvgIpc) is 2.27. The van der Waals surface area contributed by atoms with Gasteiger partial charge >= 0.3 is 0 Å². The van der Waals surface area contributed by atoms with Crippen LogP contribution in [0.5, 0.6) is 0 Å². The number of hydrogen-bond donors (Lipinski definition) is 1. The molecule has 1 amide bonds. The molecule has 1 unspecified atom stereocenters. The van der Waals surface area contributed by atoms with Crippen LogP contribution in [-0.2, 0) is 16.3 Å².